The van der Waals surface area contributed by atoms with E-state index < -0.39 is 17.6 Å². The number of carbonyl (C=O) groups excluding carboxylic acids is 3. The number of nitrogens with one attached hydrogen (secondary N) is 2. The molecule has 1 aromatic rings. The van der Waals surface area contributed by atoms with E-state index in [0.29, 0.717) is 49.5 Å². The van der Waals surface area contributed by atoms with E-state index in [1.807, 2.05) is 12.1 Å². The molecule has 3 aliphatic rings. The Hall–Kier alpha value is -3.11. The zero-order chi connectivity index (χ0) is 25.7. The van der Waals surface area contributed by atoms with Gasteiger partial charge in [0.25, 0.3) is 0 Å². The molecule has 2 saturated heterocycles. The summed E-state index contributed by atoms with van der Waals surface area (Å²) in [5, 5.41) is 5.70. The molecule has 2 fully saturated rings. The molecule has 0 aliphatic carbocycles. The van der Waals surface area contributed by atoms with Gasteiger partial charge in [-0.3, -0.25) is 14.6 Å². The number of methoxy groups -OCH3 is 1. The van der Waals surface area contributed by atoms with Crippen molar-refractivity contribution < 1.29 is 23.9 Å². The molecule has 3 aliphatic heterocycles. The number of piperidine rings is 2. The standard InChI is InChI=1S/C26H37N5O5/c1-3-36-23(32)21-20(28-25(34)29-22(21)18-7-9-19(35-2)10-8-18)17-30-15-11-26(12-16-30,24(27)33)31-13-5-4-6-14-31/h7-10,22H,3-6,11-17H2,1-2H3,(H2,27,33)(H2,28,29,34)/t22-/m1/s1. The first-order valence-corrected chi connectivity index (χ1v) is 12.8. The highest BCUT2D eigenvalue weighted by Gasteiger charge is 2.45. The summed E-state index contributed by atoms with van der Waals surface area (Å²) in [6, 6.07) is 6.21. The number of hydrogen-bond acceptors (Lipinski definition) is 7. The smallest absolute Gasteiger partial charge is 0.338 e. The minimum Gasteiger partial charge on any atom is -0.497 e. The predicted octanol–water partition coefficient (Wildman–Crippen LogP) is 1.67. The average molecular weight is 500 g/mol. The van der Waals surface area contributed by atoms with E-state index >= 15 is 0 Å². The lowest BCUT2D eigenvalue weighted by molar-refractivity contribution is -0.139. The lowest BCUT2D eigenvalue weighted by Gasteiger charge is -2.48. The van der Waals surface area contributed by atoms with Crippen molar-refractivity contribution >= 4 is 17.9 Å². The highest BCUT2D eigenvalue weighted by Crippen LogP contribution is 2.33. The molecule has 0 aromatic heterocycles. The van der Waals surface area contributed by atoms with Crippen LogP contribution >= 0.6 is 0 Å². The number of amides is 3. The van der Waals surface area contributed by atoms with Crippen molar-refractivity contribution in [2.75, 3.05) is 46.4 Å². The number of benzene rings is 1. The van der Waals surface area contributed by atoms with Crippen LogP contribution in [0.3, 0.4) is 0 Å². The van der Waals surface area contributed by atoms with E-state index in [0.717, 1.165) is 31.5 Å². The minimum atomic E-state index is -0.651. The summed E-state index contributed by atoms with van der Waals surface area (Å²) in [5.41, 5.74) is 6.96. The van der Waals surface area contributed by atoms with Crippen LogP contribution in [0.25, 0.3) is 0 Å². The van der Waals surface area contributed by atoms with Crippen molar-refractivity contribution in [3.8, 4) is 5.75 Å². The number of nitrogens with two attached hydrogens (primary N) is 1. The number of urea groups is 1. The van der Waals surface area contributed by atoms with Gasteiger partial charge >= 0.3 is 12.0 Å². The molecule has 36 heavy (non-hydrogen) atoms. The first kappa shape index (κ1) is 26.0. The Morgan fingerprint density at radius 1 is 1.08 bits per heavy atom. The molecule has 0 unspecified atom stereocenters. The van der Waals surface area contributed by atoms with Gasteiger partial charge in [0.05, 0.1) is 25.3 Å². The maximum absolute atomic E-state index is 13.1. The number of esters is 1. The fraction of sp³-hybridized carbons (Fsp3) is 0.577. The fourth-order valence-electron chi connectivity index (χ4n) is 5.58. The summed E-state index contributed by atoms with van der Waals surface area (Å²) in [6.07, 6.45) is 4.60. The quantitative estimate of drug-likeness (QED) is 0.465. The maximum Gasteiger partial charge on any atom is 0.338 e. The number of rotatable bonds is 8. The molecule has 4 rings (SSSR count). The van der Waals surface area contributed by atoms with E-state index in [1.165, 1.54) is 6.42 Å². The lowest BCUT2D eigenvalue weighted by atomic mass is 9.83. The van der Waals surface area contributed by atoms with E-state index in [1.54, 1.807) is 26.2 Å². The Morgan fingerprint density at radius 2 is 1.75 bits per heavy atom. The third-order valence-corrected chi connectivity index (χ3v) is 7.58. The first-order valence-electron chi connectivity index (χ1n) is 12.8. The van der Waals surface area contributed by atoms with E-state index in [4.69, 9.17) is 15.2 Å². The number of carbonyl (C=O) groups is 3. The Kier molecular flexibility index (Phi) is 8.15. The molecule has 3 heterocycles. The molecule has 0 spiro atoms. The van der Waals surface area contributed by atoms with Gasteiger partial charge in [0.1, 0.15) is 11.3 Å². The molecule has 0 saturated carbocycles. The van der Waals surface area contributed by atoms with Gasteiger partial charge in [-0.1, -0.05) is 18.6 Å². The number of hydrogen-bond donors (Lipinski definition) is 3. The maximum atomic E-state index is 13.1. The second-order valence-electron chi connectivity index (χ2n) is 9.64. The molecule has 196 valence electrons. The van der Waals surface area contributed by atoms with Gasteiger partial charge in [0.2, 0.25) is 5.91 Å². The summed E-state index contributed by atoms with van der Waals surface area (Å²) in [5.74, 6) is -0.0521. The van der Waals surface area contributed by atoms with E-state index in [9.17, 15) is 14.4 Å². The summed E-state index contributed by atoms with van der Waals surface area (Å²) in [4.78, 5) is 42.7. The Labute approximate surface area is 212 Å². The second-order valence-corrected chi connectivity index (χ2v) is 9.64. The highest BCUT2D eigenvalue weighted by molar-refractivity contribution is 5.95. The van der Waals surface area contributed by atoms with Gasteiger partial charge in [-0.2, -0.15) is 0 Å². The number of ether oxygens (including phenoxy) is 2. The monoisotopic (exact) mass is 499 g/mol. The lowest BCUT2D eigenvalue weighted by Crippen LogP contribution is -2.63. The molecule has 1 atom stereocenters. The number of nitrogens with zero attached hydrogens (tertiary/aromatic N) is 2. The van der Waals surface area contributed by atoms with Gasteiger partial charge in [-0.15, -0.1) is 0 Å². The van der Waals surface area contributed by atoms with Crippen LogP contribution < -0.4 is 21.1 Å². The van der Waals surface area contributed by atoms with Gasteiger partial charge in [-0.25, -0.2) is 9.59 Å². The average Bonchev–Trinajstić information content (AvgIpc) is 2.89. The van der Waals surface area contributed by atoms with E-state index in [-0.39, 0.29) is 18.5 Å². The Bertz CT molecular complexity index is 994. The van der Waals surface area contributed by atoms with Crippen molar-refractivity contribution in [1.82, 2.24) is 20.4 Å². The second kappa shape index (κ2) is 11.3. The zero-order valence-corrected chi connectivity index (χ0v) is 21.2. The van der Waals surface area contributed by atoms with Gasteiger partial charge in [-0.05, 0) is 63.4 Å². The molecule has 4 N–H and O–H groups in total. The summed E-state index contributed by atoms with van der Waals surface area (Å²) in [7, 11) is 1.58. The van der Waals surface area contributed by atoms with E-state index in [2.05, 4.69) is 20.4 Å². The van der Waals surface area contributed by atoms with Crippen LogP contribution in [0.2, 0.25) is 0 Å². The minimum absolute atomic E-state index is 0.222. The predicted molar refractivity (Wildman–Crippen MR) is 134 cm³/mol. The molecule has 3 amide bonds. The molecule has 0 bridgehead atoms. The van der Waals surface area contributed by atoms with Crippen LogP contribution in [-0.4, -0.2) is 79.7 Å². The van der Waals surface area contributed by atoms with Crippen molar-refractivity contribution in [3.63, 3.8) is 0 Å². The molecule has 1 aromatic carbocycles. The summed E-state index contributed by atoms with van der Waals surface area (Å²) >= 11 is 0. The third kappa shape index (κ3) is 5.34. The summed E-state index contributed by atoms with van der Waals surface area (Å²) in [6.45, 7) is 5.40. The van der Waals surface area contributed by atoms with Crippen LogP contribution in [-0.2, 0) is 14.3 Å². The largest absolute Gasteiger partial charge is 0.497 e. The van der Waals surface area contributed by atoms with Gasteiger partial charge < -0.3 is 25.8 Å². The van der Waals surface area contributed by atoms with Crippen LogP contribution in [0.15, 0.2) is 35.5 Å². The van der Waals surface area contributed by atoms with Crippen LogP contribution in [0.1, 0.15) is 50.6 Å². The van der Waals surface area contributed by atoms with Gasteiger partial charge in [0.15, 0.2) is 0 Å². The molecule has 10 heteroatoms. The summed E-state index contributed by atoms with van der Waals surface area (Å²) < 4.78 is 10.6. The molecular formula is C26H37N5O5. The zero-order valence-electron chi connectivity index (χ0n) is 21.2. The van der Waals surface area contributed by atoms with Crippen molar-refractivity contribution in [2.45, 2.75) is 50.6 Å². The molecule has 10 nitrogen and oxygen atoms in total. The normalized spacial score (nSPS) is 22.9. The molecule has 0 radical (unpaired) electrons. The third-order valence-electron chi connectivity index (χ3n) is 7.58. The first-order chi connectivity index (χ1) is 17.4. The number of primary amides is 1. The van der Waals surface area contributed by atoms with Crippen molar-refractivity contribution in [2.24, 2.45) is 5.73 Å². The Morgan fingerprint density at radius 3 is 2.33 bits per heavy atom. The fourth-order valence-corrected chi connectivity index (χ4v) is 5.58. The number of likely N-dealkylation sites (tertiary alicyclic amines) is 2. The van der Waals surface area contributed by atoms with Crippen LogP contribution in [0, 0.1) is 0 Å². The van der Waals surface area contributed by atoms with Crippen molar-refractivity contribution in [1.29, 1.82) is 0 Å². The van der Waals surface area contributed by atoms with Crippen LogP contribution in [0.4, 0.5) is 4.79 Å². The Balaban J connectivity index is 1.57. The highest BCUT2D eigenvalue weighted by atomic mass is 16.5. The van der Waals surface area contributed by atoms with Crippen molar-refractivity contribution in [3.05, 3.63) is 41.1 Å². The molecular weight excluding hydrogens is 462 g/mol. The van der Waals surface area contributed by atoms with Gasteiger partial charge in [0, 0.05) is 25.3 Å². The SMILES string of the molecule is CCOC(=O)C1=C(CN2CCC(C(N)=O)(N3CCCCC3)CC2)NC(=O)N[C@@H]1c1ccc(OC)cc1. The topological polar surface area (TPSA) is 126 Å². The van der Waals surface area contributed by atoms with Crippen LogP contribution in [0.5, 0.6) is 5.75 Å².